The van der Waals surface area contributed by atoms with Crippen molar-refractivity contribution in [2.24, 2.45) is 0 Å². The fourth-order valence-corrected chi connectivity index (χ4v) is 4.11. The van der Waals surface area contributed by atoms with E-state index in [0.29, 0.717) is 33.9 Å². The lowest BCUT2D eigenvalue weighted by Gasteiger charge is -2.09. The van der Waals surface area contributed by atoms with Gasteiger partial charge in [-0.1, -0.05) is 24.3 Å². The molecule has 3 heterocycles. The molecule has 5 rings (SSSR count). The van der Waals surface area contributed by atoms with Crippen molar-refractivity contribution in [3.8, 4) is 28.1 Å². The minimum Gasteiger partial charge on any atom is -0.497 e. The average molecular weight is 461 g/mol. The number of carbonyl (C=O) groups is 1. The number of aryl methyl sites for hydroxylation is 1. The molecule has 0 aliphatic carbocycles. The van der Waals surface area contributed by atoms with Gasteiger partial charge in [-0.15, -0.1) is 11.3 Å². The monoisotopic (exact) mass is 460 g/mol. The highest BCUT2D eigenvalue weighted by molar-refractivity contribution is 7.12. The van der Waals surface area contributed by atoms with Gasteiger partial charge in [0.2, 0.25) is 5.13 Å². The minimum absolute atomic E-state index is 0.153. The molecule has 5 aromatic rings. The summed E-state index contributed by atoms with van der Waals surface area (Å²) in [6.45, 7) is 1.70. The number of amides is 1. The van der Waals surface area contributed by atoms with Crippen molar-refractivity contribution in [3.05, 3.63) is 71.7 Å². The Labute approximate surface area is 193 Å². The van der Waals surface area contributed by atoms with E-state index in [2.05, 4.69) is 15.4 Å². The lowest BCUT2D eigenvalue weighted by molar-refractivity contribution is -0.118. The molecule has 3 aromatic heterocycles. The molecule has 0 radical (unpaired) electrons. The molecule has 0 saturated heterocycles. The summed E-state index contributed by atoms with van der Waals surface area (Å²) in [7, 11) is 1.58. The zero-order chi connectivity index (χ0) is 22.8. The molecule has 33 heavy (non-hydrogen) atoms. The van der Waals surface area contributed by atoms with Crippen molar-refractivity contribution >= 4 is 34.0 Å². The van der Waals surface area contributed by atoms with Gasteiger partial charge in [0.15, 0.2) is 12.4 Å². The summed E-state index contributed by atoms with van der Waals surface area (Å²) in [4.78, 5) is 17.2. The van der Waals surface area contributed by atoms with Crippen LogP contribution in [-0.4, -0.2) is 34.4 Å². The molecule has 0 atom stereocenters. The van der Waals surface area contributed by atoms with Gasteiger partial charge in [-0.05, 0) is 31.2 Å². The number of aromatic nitrogens is 3. The Morgan fingerprint density at radius 1 is 1.12 bits per heavy atom. The standard InChI is InChI=1S/C24H20N4O4S/c1-15-10-22(26-23(29)13-31-18-8-5-7-17(12-18)30-2)28(27-15)24-25-19(14-33-24)21-11-16-6-3-4-9-20(16)32-21/h3-12,14H,13H2,1-2H3,(H,26,29). The van der Waals surface area contributed by atoms with Gasteiger partial charge < -0.3 is 19.2 Å². The Morgan fingerprint density at radius 3 is 2.82 bits per heavy atom. The number of furan rings is 1. The third kappa shape index (κ3) is 4.44. The maximum atomic E-state index is 12.5. The quantitative estimate of drug-likeness (QED) is 0.364. The third-order valence-electron chi connectivity index (χ3n) is 4.86. The number of nitrogens with zero attached hydrogens (tertiary/aromatic N) is 3. The minimum atomic E-state index is -0.312. The van der Waals surface area contributed by atoms with Crippen molar-refractivity contribution in [1.29, 1.82) is 0 Å². The maximum Gasteiger partial charge on any atom is 0.263 e. The second-order valence-electron chi connectivity index (χ2n) is 7.26. The Bertz CT molecular complexity index is 1400. The van der Waals surface area contributed by atoms with Gasteiger partial charge in [0.25, 0.3) is 5.91 Å². The van der Waals surface area contributed by atoms with Gasteiger partial charge in [-0.2, -0.15) is 9.78 Å². The Balaban J connectivity index is 1.32. The highest BCUT2D eigenvalue weighted by atomic mass is 32.1. The van der Waals surface area contributed by atoms with Crippen LogP contribution < -0.4 is 14.8 Å². The zero-order valence-corrected chi connectivity index (χ0v) is 18.8. The first-order valence-corrected chi connectivity index (χ1v) is 11.1. The normalized spacial score (nSPS) is 11.0. The van der Waals surface area contributed by atoms with Crippen LogP contribution in [0.15, 0.2) is 70.5 Å². The summed E-state index contributed by atoms with van der Waals surface area (Å²) in [5.41, 5.74) is 2.26. The molecule has 1 amide bonds. The second kappa shape index (κ2) is 8.79. The van der Waals surface area contributed by atoms with Crippen LogP contribution in [-0.2, 0) is 4.79 Å². The average Bonchev–Trinajstić information content (AvgIpc) is 3.55. The van der Waals surface area contributed by atoms with E-state index in [9.17, 15) is 4.79 Å². The molecule has 0 saturated carbocycles. The van der Waals surface area contributed by atoms with Gasteiger partial charge in [0.05, 0.1) is 12.8 Å². The van der Waals surface area contributed by atoms with Crippen molar-refractivity contribution in [2.75, 3.05) is 19.0 Å². The van der Waals surface area contributed by atoms with Crippen LogP contribution in [0, 0.1) is 6.92 Å². The van der Waals surface area contributed by atoms with Gasteiger partial charge in [-0.3, -0.25) is 4.79 Å². The molecular weight excluding hydrogens is 440 g/mol. The number of rotatable bonds is 7. The fraction of sp³-hybridized carbons (Fsp3) is 0.125. The van der Waals surface area contributed by atoms with Crippen LogP contribution >= 0.6 is 11.3 Å². The molecule has 0 bridgehead atoms. The molecule has 8 nitrogen and oxygen atoms in total. The van der Waals surface area contributed by atoms with Crippen LogP contribution in [0.5, 0.6) is 11.5 Å². The third-order valence-corrected chi connectivity index (χ3v) is 5.68. The molecule has 9 heteroatoms. The van der Waals surface area contributed by atoms with Gasteiger partial charge in [-0.25, -0.2) is 4.98 Å². The van der Waals surface area contributed by atoms with Crippen LogP contribution in [0.1, 0.15) is 5.69 Å². The van der Waals surface area contributed by atoms with Crippen LogP contribution in [0.3, 0.4) is 0 Å². The van der Waals surface area contributed by atoms with E-state index < -0.39 is 0 Å². The van der Waals surface area contributed by atoms with Crippen molar-refractivity contribution < 1.29 is 18.7 Å². The first-order valence-electron chi connectivity index (χ1n) is 10.2. The molecular formula is C24H20N4O4S. The van der Waals surface area contributed by atoms with Crippen LogP contribution in [0.25, 0.3) is 27.6 Å². The maximum absolute atomic E-state index is 12.5. The number of thiazole rings is 1. The first-order chi connectivity index (χ1) is 16.1. The van der Waals surface area contributed by atoms with Gasteiger partial charge >= 0.3 is 0 Å². The second-order valence-corrected chi connectivity index (χ2v) is 8.10. The van der Waals surface area contributed by atoms with Crippen molar-refractivity contribution in [1.82, 2.24) is 14.8 Å². The van der Waals surface area contributed by atoms with Gasteiger partial charge in [0.1, 0.15) is 28.6 Å². The lowest BCUT2D eigenvalue weighted by Crippen LogP contribution is -2.21. The SMILES string of the molecule is COc1cccc(OCC(=O)Nc2cc(C)nn2-c2nc(-c3cc4ccccc4o3)cs2)c1. The number of carbonyl (C=O) groups excluding carboxylic acids is 1. The number of anilines is 1. The van der Waals surface area contributed by atoms with Gasteiger partial charge in [0, 0.05) is 22.9 Å². The number of nitrogens with one attached hydrogen (secondary N) is 1. The van der Waals surface area contributed by atoms with Crippen LogP contribution in [0.2, 0.25) is 0 Å². The van der Waals surface area contributed by atoms with E-state index in [1.165, 1.54) is 11.3 Å². The van der Waals surface area contributed by atoms with E-state index in [4.69, 9.17) is 13.9 Å². The molecule has 166 valence electrons. The zero-order valence-electron chi connectivity index (χ0n) is 17.9. The van der Waals surface area contributed by atoms with E-state index in [0.717, 1.165) is 16.7 Å². The number of hydrogen-bond acceptors (Lipinski definition) is 7. The summed E-state index contributed by atoms with van der Waals surface area (Å²) in [5.74, 6) is 2.08. The van der Waals surface area contributed by atoms with Crippen molar-refractivity contribution in [3.63, 3.8) is 0 Å². The highest BCUT2D eigenvalue weighted by Crippen LogP contribution is 2.30. The summed E-state index contributed by atoms with van der Waals surface area (Å²) < 4.78 is 18.3. The first kappa shape index (κ1) is 20.8. The smallest absolute Gasteiger partial charge is 0.263 e. The summed E-state index contributed by atoms with van der Waals surface area (Å²) >= 11 is 1.41. The van der Waals surface area contributed by atoms with E-state index >= 15 is 0 Å². The van der Waals surface area contributed by atoms with Crippen molar-refractivity contribution in [2.45, 2.75) is 6.92 Å². The van der Waals surface area contributed by atoms with E-state index in [-0.39, 0.29) is 12.5 Å². The Hall–Kier alpha value is -4.11. The predicted molar refractivity (Wildman–Crippen MR) is 126 cm³/mol. The molecule has 0 unspecified atom stereocenters. The number of para-hydroxylation sites is 1. The van der Waals surface area contributed by atoms with Crippen LogP contribution in [0.4, 0.5) is 5.82 Å². The lowest BCUT2D eigenvalue weighted by atomic mass is 10.2. The number of methoxy groups -OCH3 is 1. The predicted octanol–water partition coefficient (Wildman–Crippen LogP) is 5.08. The highest BCUT2D eigenvalue weighted by Gasteiger charge is 2.16. The summed E-state index contributed by atoms with van der Waals surface area (Å²) in [5, 5.41) is 10.9. The number of fused-ring (bicyclic) bond motifs is 1. The number of hydrogen-bond donors (Lipinski definition) is 1. The van der Waals surface area contributed by atoms with E-state index in [1.54, 1.807) is 36.1 Å². The molecule has 1 N–H and O–H groups in total. The molecule has 2 aromatic carbocycles. The Morgan fingerprint density at radius 2 is 1.97 bits per heavy atom. The molecule has 0 aliphatic rings. The number of benzene rings is 2. The molecule has 0 aliphatic heterocycles. The fourth-order valence-electron chi connectivity index (χ4n) is 3.34. The Kier molecular flexibility index (Phi) is 5.54. The summed E-state index contributed by atoms with van der Waals surface area (Å²) in [6, 6.07) is 18.6. The summed E-state index contributed by atoms with van der Waals surface area (Å²) in [6.07, 6.45) is 0. The largest absolute Gasteiger partial charge is 0.497 e. The van der Waals surface area contributed by atoms with E-state index in [1.807, 2.05) is 48.7 Å². The molecule has 0 fully saturated rings. The number of ether oxygens (including phenoxy) is 2. The topological polar surface area (TPSA) is 91.4 Å². The molecule has 0 spiro atoms.